The molecule has 1 N–H and O–H groups in total. The second-order valence-corrected chi connectivity index (χ2v) is 19.1. The van der Waals surface area contributed by atoms with E-state index >= 15 is 0 Å². The van der Waals surface area contributed by atoms with E-state index < -0.39 is 18.1 Å². The summed E-state index contributed by atoms with van der Waals surface area (Å²) in [5, 5.41) is 9.66. The van der Waals surface area contributed by atoms with E-state index in [0.29, 0.717) is 19.3 Å². The number of carbonyl (C=O) groups excluding carboxylic acids is 2. The van der Waals surface area contributed by atoms with Gasteiger partial charge < -0.3 is 23.8 Å². The first-order valence-electron chi connectivity index (χ1n) is 26.7. The maximum absolute atomic E-state index is 12.8. The van der Waals surface area contributed by atoms with E-state index in [1.165, 1.54) is 141 Å². The normalized spacial score (nSPS) is 13.2. The van der Waals surface area contributed by atoms with Gasteiger partial charge in [-0.15, -0.1) is 0 Å². The van der Waals surface area contributed by atoms with Crippen molar-refractivity contribution in [1.29, 1.82) is 0 Å². The fourth-order valence-electron chi connectivity index (χ4n) is 7.91. The number of carbonyl (C=O) groups is 3. The van der Waals surface area contributed by atoms with Crippen molar-refractivity contribution in [2.24, 2.45) is 0 Å². The SMILES string of the molecule is CC/C=C/C/C=C/C/C=C/C/C=C/CCCCCCCCCCCCC(=O)OC(COCCC(C(=O)O)[N+](C)(C)C)COC(=O)CCCCCCCCCCCCCCCCCCC. The predicted octanol–water partition coefficient (Wildman–Crippen LogP) is 15.5. The Hall–Kier alpha value is -2.71. The summed E-state index contributed by atoms with van der Waals surface area (Å²) in [6.07, 6.45) is 57.3. The van der Waals surface area contributed by atoms with Gasteiger partial charge in [-0.05, 0) is 51.4 Å². The van der Waals surface area contributed by atoms with Crippen molar-refractivity contribution in [2.75, 3.05) is 41.0 Å². The topological polar surface area (TPSA) is 99.1 Å². The smallest absolute Gasteiger partial charge is 0.362 e. The number of carboxylic acid groups (broad SMARTS) is 1. The molecule has 0 saturated heterocycles. The van der Waals surface area contributed by atoms with E-state index in [4.69, 9.17) is 14.2 Å². The fraction of sp³-hybridized carbons (Fsp3) is 0.804. The summed E-state index contributed by atoms with van der Waals surface area (Å²) in [5.74, 6) is -1.46. The van der Waals surface area contributed by atoms with Crippen LogP contribution in [0.3, 0.4) is 0 Å². The fourth-order valence-corrected chi connectivity index (χ4v) is 7.91. The molecule has 8 nitrogen and oxygen atoms in total. The van der Waals surface area contributed by atoms with E-state index in [-0.39, 0.29) is 36.2 Å². The quantitative estimate of drug-likeness (QED) is 0.0281. The lowest BCUT2D eigenvalue weighted by atomic mass is 10.0. The first kappa shape index (κ1) is 61.3. The molecule has 0 heterocycles. The average Bonchev–Trinajstić information content (AvgIpc) is 3.26. The molecule has 0 saturated carbocycles. The van der Waals surface area contributed by atoms with Gasteiger partial charge in [0.05, 0.1) is 34.4 Å². The Morgan fingerprint density at radius 2 is 0.875 bits per heavy atom. The number of aliphatic carboxylic acids is 1. The Morgan fingerprint density at radius 1 is 0.484 bits per heavy atom. The minimum absolute atomic E-state index is 0.0499. The van der Waals surface area contributed by atoms with Crippen LogP contribution in [0.15, 0.2) is 48.6 Å². The van der Waals surface area contributed by atoms with Crippen molar-refractivity contribution in [3.63, 3.8) is 0 Å². The highest BCUT2D eigenvalue weighted by atomic mass is 16.6. The van der Waals surface area contributed by atoms with Crippen LogP contribution in [0.1, 0.15) is 239 Å². The highest BCUT2D eigenvalue weighted by molar-refractivity contribution is 5.72. The number of esters is 2. The Bertz CT molecular complexity index is 1190. The van der Waals surface area contributed by atoms with Crippen molar-refractivity contribution >= 4 is 17.9 Å². The third-order valence-electron chi connectivity index (χ3n) is 12.0. The highest BCUT2D eigenvalue weighted by Crippen LogP contribution is 2.16. The van der Waals surface area contributed by atoms with Gasteiger partial charge in [-0.1, -0.05) is 217 Å². The molecule has 0 amide bonds. The van der Waals surface area contributed by atoms with Crippen molar-refractivity contribution in [3.8, 4) is 0 Å². The summed E-state index contributed by atoms with van der Waals surface area (Å²) in [5.41, 5.74) is 0. The number of allylic oxidation sites excluding steroid dienone is 8. The number of quaternary nitrogens is 1. The Morgan fingerprint density at radius 3 is 1.30 bits per heavy atom. The zero-order chi connectivity index (χ0) is 47.0. The number of carboxylic acids is 1. The molecule has 0 aliphatic heterocycles. The molecule has 0 aromatic carbocycles. The maximum Gasteiger partial charge on any atom is 0.362 e. The molecular formula is C56H102NO7+. The van der Waals surface area contributed by atoms with Crippen LogP contribution in [0.5, 0.6) is 0 Å². The predicted molar refractivity (Wildman–Crippen MR) is 271 cm³/mol. The van der Waals surface area contributed by atoms with E-state index in [9.17, 15) is 19.5 Å². The number of hydrogen-bond donors (Lipinski definition) is 1. The summed E-state index contributed by atoms with van der Waals surface area (Å²) >= 11 is 0. The number of ether oxygens (including phenoxy) is 3. The van der Waals surface area contributed by atoms with Crippen LogP contribution in [0.25, 0.3) is 0 Å². The molecule has 0 aliphatic carbocycles. The first-order valence-corrected chi connectivity index (χ1v) is 26.7. The molecule has 372 valence electrons. The van der Waals surface area contributed by atoms with Crippen molar-refractivity contribution in [2.45, 2.75) is 251 Å². The van der Waals surface area contributed by atoms with Crippen LogP contribution < -0.4 is 0 Å². The summed E-state index contributed by atoms with van der Waals surface area (Å²) in [4.78, 5) is 37.2. The van der Waals surface area contributed by atoms with Gasteiger partial charge >= 0.3 is 17.9 Å². The third kappa shape index (κ3) is 44.5. The van der Waals surface area contributed by atoms with Gasteiger partial charge in [-0.3, -0.25) is 9.59 Å². The van der Waals surface area contributed by atoms with Crippen LogP contribution in [-0.2, 0) is 28.6 Å². The minimum atomic E-state index is -0.874. The van der Waals surface area contributed by atoms with Crippen molar-refractivity contribution in [3.05, 3.63) is 48.6 Å². The highest BCUT2D eigenvalue weighted by Gasteiger charge is 2.31. The monoisotopic (exact) mass is 901 g/mol. The van der Waals surface area contributed by atoms with Crippen molar-refractivity contribution < 1.29 is 38.2 Å². The molecule has 0 radical (unpaired) electrons. The molecule has 0 rings (SSSR count). The Labute approximate surface area is 395 Å². The van der Waals surface area contributed by atoms with E-state index in [1.807, 2.05) is 21.1 Å². The third-order valence-corrected chi connectivity index (χ3v) is 12.0. The van der Waals surface area contributed by atoms with Crippen LogP contribution in [0, 0.1) is 0 Å². The lowest BCUT2D eigenvalue weighted by molar-refractivity contribution is -0.887. The molecule has 0 aliphatic rings. The van der Waals surface area contributed by atoms with Gasteiger partial charge in [0.15, 0.2) is 12.1 Å². The molecule has 64 heavy (non-hydrogen) atoms. The Balaban J connectivity index is 4.20. The molecule has 0 aromatic heterocycles. The molecule has 0 bridgehead atoms. The number of unbranched alkanes of at least 4 members (excludes halogenated alkanes) is 26. The number of hydrogen-bond acceptors (Lipinski definition) is 6. The molecule has 0 aromatic rings. The summed E-state index contributed by atoms with van der Waals surface area (Å²) in [6, 6.07) is -0.615. The second-order valence-electron chi connectivity index (χ2n) is 19.1. The maximum atomic E-state index is 12.8. The van der Waals surface area contributed by atoms with Gasteiger partial charge in [0.25, 0.3) is 0 Å². The van der Waals surface area contributed by atoms with Gasteiger partial charge in [-0.2, -0.15) is 0 Å². The van der Waals surface area contributed by atoms with Crippen LogP contribution in [-0.4, -0.2) is 80.6 Å². The largest absolute Gasteiger partial charge is 0.477 e. The van der Waals surface area contributed by atoms with Gasteiger partial charge in [0.1, 0.15) is 6.61 Å². The number of nitrogens with zero attached hydrogens (tertiary/aromatic N) is 1. The molecule has 8 heteroatoms. The number of rotatable bonds is 48. The molecule has 0 fully saturated rings. The van der Waals surface area contributed by atoms with Crippen LogP contribution in [0.4, 0.5) is 0 Å². The summed E-state index contributed by atoms with van der Waals surface area (Å²) in [6.45, 7) is 4.66. The zero-order valence-corrected chi connectivity index (χ0v) is 42.5. The molecular weight excluding hydrogens is 799 g/mol. The number of likely N-dealkylation sites (N-methyl/N-ethyl adjacent to an activating group) is 1. The lowest BCUT2D eigenvalue weighted by Crippen LogP contribution is -2.50. The van der Waals surface area contributed by atoms with Crippen molar-refractivity contribution in [1.82, 2.24) is 0 Å². The van der Waals surface area contributed by atoms with E-state index in [0.717, 1.165) is 64.2 Å². The summed E-state index contributed by atoms with van der Waals surface area (Å²) < 4.78 is 17.4. The lowest BCUT2D eigenvalue weighted by Gasteiger charge is -2.31. The minimum Gasteiger partial charge on any atom is -0.477 e. The van der Waals surface area contributed by atoms with Gasteiger partial charge in [-0.25, -0.2) is 4.79 Å². The molecule has 2 unspecified atom stereocenters. The van der Waals surface area contributed by atoms with Gasteiger partial charge in [0, 0.05) is 19.3 Å². The Kier molecular flexibility index (Phi) is 44.8. The average molecular weight is 901 g/mol. The molecule has 2 atom stereocenters. The standard InChI is InChI=1S/C56H101NO7/c1-6-8-10-12-14-16-18-20-22-24-25-26-27-28-29-31-33-35-37-39-41-43-45-47-55(59)64-52(50-62-49-48-53(56(60)61)57(3,4)5)51-63-54(58)46-44-42-40-38-36-34-32-30-23-21-19-17-15-13-11-9-7-2/h8,10,14,16,20,22,25-26,52-53H,6-7,9,11-13,15,17-19,21,23-24,27-51H2,1-5H3/p+1/b10-8+,16-14+,22-20+,26-25+. The van der Waals surface area contributed by atoms with E-state index in [2.05, 4.69) is 62.5 Å². The van der Waals surface area contributed by atoms with E-state index in [1.54, 1.807) is 0 Å². The second kappa shape index (κ2) is 46.8. The molecule has 0 spiro atoms. The van der Waals surface area contributed by atoms with Crippen LogP contribution in [0.2, 0.25) is 0 Å². The first-order chi connectivity index (χ1) is 31.1. The summed E-state index contributed by atoms with van der Waals surface area (Å²) in [7, 11) is 5.54. The van der Waals surface area contributed by atoms with Gasteiger partial charge in [0.2, 0.25) is 0 Å². The van der Waals surface area contributed by atoms with Crippen LogP contribution >= 0.6 is 0 Å². The zero-order valence-electron chi connectivity index (χ0n) is 42.5.